The summed E-state index contributed by atoms with van der Waals surface area (Å²) in [5.41, 5.74) is 0. The van der Waals surface area contributed by atoms with E-state index in [-0.39, 0.29) is 31.1 Å². The van der Waals surface area contributed by atoms with Gasteiger partial charge in [-0.1, -0.05) is 202 Å². The van der Waals surface area contributed by atoms with Crippen LogP contribution in [0.5, 0.6) is 0 Å². The number of carbonyl (C=O) groups is 3. The highest BCUT2D eigenvalue weighted by Crippen LogP contribution is 2.13. The monoisotopic (exact) mass is 905 g/mol. The Morgan fingerprint density at radius 1 is 0.323 bits per heavy atom. The van der Waals surface area contributed by atoms with Gasteiger partial charge in [-0.2, -0.15) is 0 Å². The van der Waals surface area contributed by atoms with Crippen LogP contribution in [0, 0.1) is 0 Å². The molecule has 0 bridgehead atoms. The van der Waals surface area contributed by atoms with Crippen molar-refractivity contribution in [1.29, 1.82) is 0 Å². The molecular weight excluding hydrogens is 805 g/mol. The summed E-state index contributed by atoms with van der Waals surface area (Å²) in [6.45, 7) is 6.46. The molecule has 0 heterocycles. The lowest BCUT2D eigenvalue weighted by molar-refractivity contribution is -0.167. The molecule has 372 valence electrons. The van der Waals surface area contributed by atoms with E-state index in [0.717, 1.165) is 116 Å². The fourth-order valence-electron chi connectivity index (χ4n) is 7.28. The van der Waals surface area contributed by atoms with Gasteiger partial charge < -0.3 is 14.2 Å². The molecule has 0 aliphatic carbocycles. The van der Waals surface area contributed by atoms with Crippen LogP contribution in [0.2, 0.25) is 0 Å². The van der Waals surface area contributed by atoms with Crippen molar-refractivity contribution in [3.63, 3.8) is 0 Å². The van der Waals surface area contributed by atoms with Gasteiger partial charge in [-0.25, -0.2) is 0 Å². The molecule has 0 N–H and O–H groups in total. The van der Waals surface area contributed by atoms with E-state index in [9.17, 15) is 14.4 Å². The second-order valence-electron chi connectivity index (χ2n) is 17.7. The van der Waals surface area contributed by atoms with Crippen molar-refractivity contribution in [2.45, 2.75) is 258 Å². The molecule has 0 fully saturated rings. The van der Waals surface area contributed by atoms with Crippen LogP contribution in [0.4, 0.5) is 0 Å². The molecule has 0 aromatic carbocycles. The lowest BCUT2D eigenvalue weighted by Crippen LogP contribution is -2.30. The van der Waals surface area contributed by atoms with Gasteiger partial charge in [0.25, 0.3) is 0 Å². The minimum Gasteiger partial charge on any atom is -0.462 e. The molecule has 0 rings (SSSR count). The van der Waals surface area contributed by atoms with Crippen LogP contribution < -0.4 is 0 Å². The summed E-state index contributed by atoms with van der Waals surface area (Å²) in [4.78, 5) is 38.0. The van der Waals surface area contributed by atoms with Gasteiger partial charge in [-0.3, -0.25) is 14.4 Å². The first-order chi connectivity index (χ1) is 32.0. The predicted molar refractivity (Wildman–Crippen MR) is 279 cm³/mol. The average Bonchev–Trinajstić information content (AvgIpc) is 3.30. The van der Waals surface area contributed by atoms with Crippen molar-refractivity contribution in [3.8, 4) is 0 Å². The second-order valence-corrected chi connectivity index (χ2v) is 17.7. The van der Waals surface area contributed by atoms with E-state index in [4.69, 9.17) is 14.2 Å². The van der Waals surface area contributed by atoms with Crippen molar-refractivity contribution in [2.24, 2.45) is 0 Å². The molecule has 0 saturated heterocycles. The standard InChI is InChI=1S/C59H100O6/c1-4-7-10-13-16-19-22-25-28-29-30-31-32-35-37-40-43-46-49-52-58(61)64-55-56(65-59(62)53-50-47-44-41-38-34-27-24-21-18-15-12-9-6-3)54-63-57(60)51-48-45-42-39-36-33-26-23-20-17-14-11-8-5-2/h7,10,16,19,23-28,30-31,35,37,56H,4-6,8-9,11-15,17-18,20-22,29,32-34,36,38-55H2,1-3H3/b10-7+,19-16+,26-23+,27-24+,28-25+,31-30+,37-35+/t56-/m1/s1. The topological polar surface area (TPSA) is 78.9 Å². The molecule has 0 unspecified atom stereocenters. The maximum atomic E-state index is 12.8. The Hall–Kier alpha value is -3.41. The molecule has 0 amide bonds. The minimum atomic E-state index is -0.798. The summed E-state index contributed by atoms with van der Waals surface area (Å²) in [6.07, 6.45) is 68.5. The molecule has 0 saturated carbocycles. The third kappa shape index (κ3) is 51.4. The number of unbranched alkanes of at least 4 members (excludes halogenated alkanes) is 23. The third-order valence-corrected chi connectivity index (χ3v) is 11.4. The number of ether oxygens (including phenoxy) is 3. The normalized spacial score (nSPS) is 12.7. The van der Waals surface area contributed by atoms with Gasteiger partial charge in [0, 0.05) is 19.3 Å². The minimum absolute atomic E-state index is 0.0949. The molecule has 0 aromatic heterocycles. The Morgan fingerprint density at radius 2 is 0.600 bits per heavy atom. The maximum Gasteiger partial charge on any atom is 0.306 e. The highest BCUT2D eigenvalue weighted by molar-refractivity contribution is 5.71. The van der Waals surface area contributed by atoms with Crippen LogP contribution in [-0.4, -0.2) is 37.2 Å². The molecule has 65 heavy (non-hydrogen) atoms. The summed E-state index contributed by atoms with van der Waals surface area (Å²) in [5, 5.41) is 0. The smallest absolute Gasteiger partial charge is 0.306 e. The number of rotatable bonds is 48. The number of carbonyl (C=O) groups excluding carboxylic acids is 3. The van der Waals surface area contributed by atoms with Gasteiger partial charge in [0.05, 0.1) is 0 Å². The summed E-state index contributed by atoms with van der Waals surface area (Å²) < 4.78 is 16.8. The molecule has 0 radical (unpaired) electrons. The Kier molecular flexibility index (Phi) is 50.4. The maximum absolute atomic E-state index is 12.8. The van der Waals surface area contributed by atoms with Gasteiger partial charge in [-0.15, -0.1) is 0 Å². The van der Waals surface area contributed by atoms with Crippen LogP contribution in [0.1, 0.15) is 252 Å². The van der Waals surface area contributed by atoms with Crippen molar-refractivity contribution in [3.05, 3.63) is 85.1 Å². The van der Waals surface area contributed by atoms with E-state index in [2.05, 4.69) is 106 Å². The molecule has 6 heteroatoms. The van der Waals surface area contributed by atoms with E-state index in [1.54, 1.807) is 0 Å². The second kappa shape index (κ2) is 53.2. The lowest BCUT2D eigenvalue weighted by Gasteiger charge is -2.18. The van der Waals surface area contributed by atoms with Crippen molar-refractivity contribution >= 4 is 17.9 Å². The fraction of sp³-hybridized carbons (Fsp3) is 0.712. The molecular formula is C59H100O6. The van der Waals surface area contributed by atoms with Gasteiger partial charge in [0.1, 0.15) is 13.2 Å². The SMILES string of the molecule is CC/C=C/C/C=C/C/C=C/C/C=C/C/C=C/CCCCCC(=O)OC[C@@H](COC(=O)CCCCCCC/C=C/CCCCCCC)OC(=O)CCCCCCC/C=C/CCCCCCC. The van der Waals surface area contributed by atoms with Crippen molar-refractivity contribution < 1.29 is 28.6 Å². The van der Waals surface area contributed by atoms with Gasteiger partial charge >= 0.3 is 17.9 Å². The third-order valence-electron chi connectivity index (χ3n) is 11.4. The van der Waals surface area contributed by atoms with E-state index in [1.807, 2.05) is 0 Å². The van der Waals surface area contributed by atoms with Crippen LogP contribution in [0.25, 0.3) is 0 Å². The van der Waals surface area contributed by atoms with Crippen LogP contribution in [0.15, 0.2) is 85.1 Å². The van der Waals surface area contributed by atoms with Crippen molar-refractivity contribution in [1.82, 2.24) is 0 Å². The van der Waals surface area contributed by atoms with E-state index in [0.29, 0.717) is 19.3 Å². The average molecular weight is 905 g/mol. The van der Waals surface area contributed by atoms with E-state index < -0.39 is 6.10 Å². The zero-order chi connectivity index (χ0) is 47.2. The zero-order valence-corrected chi connectivity index (χ0v) is 42.5. The Balaban J connectivity index is 4.46. The molecule has 0 aliphatic rings. The van der Waals surface area contributed by atoms with Crippen LogP contribution in [0.3, 0.4) is 0 Å². The fourth-order valence-corrected chi connectivity index (χ4v) is 7.28. The van der Waals surface area contributed by atoms with E-state index in [1.165, 1.54) is 96.3 Å². The number of hydrogen-bond donors (Lipinski definition) is 0. The number of allylic oxidation sites excluding steroid dienone is 14. The highest BCUT2D eigenvalue weighted by atomic mass is 16.6. The Bertz CT molecular complexity index is 1270. The largest absolute Gasteiger partial charge is 0.462 e. The van der Waals surface area contributed by atoms with Crippen LogP contribution >= 0.6 is 0 Å². The van der Waals surface area contributed by atoms with Gasteiger partial charge in [-0.05, 0) is 116 Å². The molecule has 1 atom stereocenters. The molecule has 0 aliphatic heterocycles. The first kappa shape index (κ1) is 61.6. The summed E-state index contributed by atoms with van der Waals surface area (Å²) >= 11 is 0. The summed E-state index contributed by atoms with van der Waals surface area (Å²) in [7, 11) is 0. The molecule has 0 spiro atoms. The van der Waals surface area contributed by atoms with Crippen molar-refractivity contribution in [2.75, 3.05) is 13.2 Å². The van der Waals surface area contributed by atoms with Gasteiger partial charge in [0.15, 0.2) is 6.10 Å². The Morgan fingerprint density at radius 3 is 0.969 bits per heavy atom. The van der Waals surface area contributed by atoms with Crippen LogP contribution in [-0.2, 0) is 28.6 Å². The quantitative estimate of drug-likeness (QED) is 0.0262. The number of esters is 3. The zero-order valence-electron chi connectivity index (χ0n) is 42.5. The predicted octanol–water partition coefficient (Wildman–Crippen LogP) is 18.0. The highest BCUT2D eigenvalue weighted by Gasteiger charge is 2.19. The first-order valence-electron chi connectivity index (χ1n) is 27.1. The lowest BCUT2D eigenvalue weighted by atomic mass is 10.1. The van der Waals surface area contributed by atoms with Gasteiger partial charge in [0.2, 0.25) is 0 Å². The molecule has 6 nitrogen and oxygen atoms in total. The summed E-state index contributed by atoms with van der Waals surface area (Å²) in [6, 6.07) is 0. The number of hydrogen-bond acceptors (Lipinski definition) is 6. The first-order valence-corrected chi connectivity index (χ1v) is 27.1. The molecule has 0 aromatic rings. The Labute approximate surface area is 401 Å². The van der Waals surface area contributed by atoms with E-state index >= 15 is 0 Å². The summed E-state index contributed by atoms with van der Waals surface area (Å²) in [5.74, 6) is -0.943.